The predicted molar refractivity (Wildman–Crippen MR) is 78.7 cm³/mol. The third kappa shape index (κ3) is 1.82. The first-order valence-corrected chi connectivity index (χ1v) is 6.48. The molecule has 0 aliphatic heterocycles. The Bertz CT molecular complexity index is 1030. The molecule has 2 aromatic carbocycles. The maximum Gasteiger partial charge on any atom is 0.292 e. The van der Waals surface area contributed by atoms with E-state index in [1.165, 1.54) is 12.1 Å². The Morgan fingerprint density at radius 2 is 1.95 bits per heavy atom. The molecule has 2 heterocycles. The molecule has 4 aromatic rings. The van der Waals surface area contributed by atoms with E-state index in [0.29, 0.717) is 16.9 Å². The molecule has 4 rings (SSSR count). The summed E-state index contributed by atoms with van der Waals surface area (Å²) in [6.45, 7) is 0. The molecule has 4 nitrogen and oxygen atoms in total. The van der Waals surface area contributed by atoms with E-state index in [2.05, 4.69) is 9.97 Å². The van der Waals surface area contributed by atoms with Gasteiger partial charge in [-0.05, 0) is 24.3 Å². The van der Waals surface area contributed by atoms with Gasteiger partial charge in [0, 0.05) is 11.8 Å². The Kier molecular flexibility index (Phi) is 2.41. The highest BCUT2D eigenvalue weighted by Gasteiger charge is 2.10. The second kappa shape index (κ2) is 4.28. The molecule has 0 atom stereocenters. The molecule has 0 saturated heterocycles. The van der Waals surface area contributed by atoms with Crippen LogP contribution in [0.1, 0.15) is 0 Å². The zero-order chi connectivity index (χ0) is 14.4. The lowest BCUT2D eigenvalue weighted by atomic mass is 10.2. The number of hydrogen-bond donors (Lipinski definition) is 1. The topological polar surface area (TPSA) is 50.2 Å². The van der Waals surface area contributed by atoms with Crippen molar-refractivity contribution in [3.8, 4) is 11.3 Å². The molecule has 2 aromatic heterocycles. The number of aromatic amines is 1. The highest BCUT2D eigenvalue weighted by Crippen LogP contribution is 2.21. The molecule has 0 aliphatic rings. The third-order valence-corrected chi connectivity index (χ3v) is 3.44. The van der Waals surface area contributed by atoms with E-state index in [4.69, 9.17) is 0 Å². The number of benzene rings is 2. The molecule has 0 bridgehead atoms. The van der Waals surface area contributed by atoms with Gasteiger partial charge >= 0.3 is 0 Å². The third-order valence-electron chi connectivity index (χ3n) is 3.44. The number of hydrogen-bond acceptors (Lipinski definition) is 2. The van der Waals surface area contributed by atoms with Crippen LogP contribution in [0.2, 0.25) is 0 Å². The van der Waals surface area contributed by atoms with E-state index < -0.39 is 0 Å². The number of H-pyrrole nitrogens is 1. The summed E-state index contributed by atoms with van der Waals surface area (Å²) in [5.41, 5.74) is 2.82. The molecule has 0 unspecified atom stereocenters. The normalized spacial score (nSPS) is 11.3. The summed E-state index contributed by atoms with van der Waals surface area (Å²) in [6, 6.07) is 13.6. The lowest BCUT2D eigenvalue weighted by Crippen LogP contribution is -2.10. The van der Waals surface area contributed by atoms with E-state index >= 15 is 0 Å². The molecule has 5 heteroatoms. The lowest BCUT2D eigenvalue weighted by molar-refractivity contribution is 0.628. The average Bonchev–Trinajstić information content (AvgIpc) is 2.93. The first kappa shape index (κ1) is 11.8. The van der Waals surface area contributed by atoms with Crippen LogP contribution < -0.4 is 5.56 Å². The molecule has 0 saturated carbocycles. The first-order valence-electron chi connectivity index (χ1n) is 6.48. The van der Waals surface area contributed by atoms with Crippen LogP contribution in [-0.2, 0) is 0 Å². The monoisotopic (exact) mass is 279 g/mol. The summed E-state index contributed by atoms with van der Waals surface area (Å²) in [6.07, 6.45) is 1.75. The quantitative estimate of drug-likeness (QED) is 0.582. The highest BCUT2D eigenvalue weighted by molar-refractivity contribution is 5.78. The average molecular weight is 279 g/mol. The van der Waals surface area contributed by atoms with E-state index in [-0.39, 0.29) is 11.4 Å². The number of imidazole rings is 1. The van der Waals surface area contributed by atoms with Crippen molar-refractivity contribution in [1.82, 2.24) is 14.4 Å². The van der Waals surface area contributed by atoms with Crippen LogP contribution in [0.25, 0.3) is 27.9 Å². The van der Waals surface area contributed by atoms with Gasteiger partial charge in [0.1, 0.15) is 5.82 Å². The van der Waals surface area contributed by atoms with Gasteiger partial charge in [-0.15, -0.1) is 0 Å². The van der Waals surface area contributed by atoms with Crippen molar-refractivity contribution >= 4 is 16.7 Å². The number of nitrogens with zero attached hydrogens (tertiary/aromatic N) is 2. The SMILES string of the molecule is O=c1[nH]c2ccccc2n2cc(-c3cccc(F)c3)nc12. The minimum Gasteiger partial charge on any atom is -0.317 e. The number of rotatable bonds is 1. The Morgan fingerprint density at radius 1 is 1.10 bits per heavy atom. The summed E-state index contributed by atoms with van der Waals surface area (Å²) in [7, 11) is 0. The van der Waals surface area contributed by atoms with Crippen LogP contribution in [0.5, 0.6) is 0 Å². The highest BCUT2D eigenvalue weighted by atomic mass is 19.1. The Balaban J connectivity index is 2.08. The van der Waals surface area contributed by atoms with Gasteiger partial charge < -0.3 is 4.98 Å². The van der Waals surface area contributed by atoms with Crippen LogP contribution in [-0.4, -0.2) is 14.4 Å². The van der Waals surface area contributed by atoms with Gasteiger partial charge in [-0.3, -0.25) is 9.20 Å². The van der Waals surface area contributed by atoms with Crippen LogP contribution in [0.4, 0.5) is 4.39 Å². The molecular weight excluding hydrogens is 269 g/mol. The maximum absolute atomic E-state index is 13.3. The van der Waals surface area contributed by atoms with Crippen molar-refractivity contribution in [1.29, 1.82) is 0 Å². The molecule has 0 amide bonds. The van der Waals surface area contributed by atoms with Crippen LogP contribution in [0.3, 0.4) is 0 Å². The van der Waals surface area contributed by atoms with Crippen molar-refractivity contribution < 1.29 is 4.39 Å². The van der Waals surface area contributed by atoms with E-state index in [1.807, 2.05) is 24.3 Å². The standard InChI is InChI=1S/C16H10FN3O/c17-11-5-3-4-10(8-11)13-9-20-14-7-2-1-6-12(14)19-16(21)15(20)18-13/h1-9H,(H,19,21). The van der Waals surface area contributed by atoms with Gasteiger partial charge in [-0.1, -0.05) is 24.3 Å². The second-order valence-electron chi connectivity index (χ2n) is 4.80. The van der Waals surface area contributed by atoms with Crippen molar-refractivity contribution in [3.63, 3.8) is 0 Å². The van der Waals surface area contributed by atoms with Gasteiger partial charge in [-0.25, -0.2) is 9.37 Å². The molecule has 1 N–H and O–H groups in total. The fraction of sp³-hybridized carbons (Fsp3) is 0. The smallest absolute Gasteiger partial charge is 0.292 e. The summed E-state index contributed by atoms with van der Waals surface area (Å²) < 4.78 is 15.1. The van der Waals surface area contributed by atoms with Crippen molar-refractivity contribution in [2.45, 2.75) is 0 Å². The zero-order valence-electron chi connectivity index (χ0n) is 10.9. The Hall–Kier alpha value is -2.95. The first-order chi connectivity index (χ1) is 10.2. The minimum atomic E-state index is -0.330. The number of aromatic nitrogens is 3. The number of nitrogens with one attached hydrogen (secondary N) is 1. The Labute approximate surface area is 118 Å². The maximum atomic E-state index is 13.3. The van der Waals surface area contributed by atoms with Crippen LogP contribution in [0.15, 0.2) is 59.5 Å². The molecule has 0 radical (unpaired) electrons. The molecule has 102 valence electrons. The summed E-state index contributed by atoms with van der Waals surface area (Å²) >= 11 is 0. The number of para-hydroxylation sites is 2. The van der Waals surface area contributed by atoms with E-state index in [0.717, 1.165) is 11.0 Å². The molecular formula is C16H10FN3O. The summed E-state index contributed by atoms with van der Waals surface area (Å²) in [5, 5.41) is 0. The van der Waals surface area contributed by atoms with Gasteiger partial charge in [-0.2, -0.15) is 0 Å². The second-order valence-corrected chi connectivity index (χ2v) is 4.80. The van der Waals surface area contributed by atoms with Crippen molar-refractivity contribution in [2.24, 2.45) is 0 Å². The molecule has 0 fully saturated rings. The minimum absolute atomic E-state index is 0.267. The van der Waals surface area contributed by atoms with Crippen molar-refractivity contribution in [3.05, 3.63) is 70.9 Å². The molecule has 0 aliphatic carbocycles. The van der Waals surface area contributed by atoms with E-state index in [1.54, 1.807) is 22.7 Å². The fourth-order valence-electron chi connectivity index (χ4n) is 2.48. The number of fused-ring (bicyclic) bond motifs is 3. The largest absolute Gasteiger partial charge is 0.317 e. The van der Waals surface area contributed by atoms with Crippen molar-refractivity contribution in [2.75, 3.05) is 0 Å². The number of halogens is 1. The molecule has 0 spiro atoms. The predicted octanol–water partition coefficient (Wildman–Crippen LogP) is 2.98. The van der Waals surface area contributed by atoms with Gasteiger partial charge in [0.15, 0.2) is 0 Å². The van der Waals surface area contributed by atoms with Gasteiger partial charge in [0.05, 0.1) is 16.7 Å². The van der Waals surface area contributed by atoms with Crippen LogP contribution in [0, 0.1) is 5.82 Å². The van der Waals surface area contributed by atoms with Gasteiger partial charge in [0.25, 0.3) is 5.56 Å². The van der Waals surface area contributed by atoms with Crippen LogP contribution >= 0.6 is 0 Å². The zero-order valence-corrected chi connectivity index (χ0v) is 10.9. The lowest BCUT2D eigenvalue weighted by Gasteiger charge is -1.99. The summed E-state index contributed by atoms with van der Waals surface area (Å²) in [4.78, 5) is 19.2. The molecule has 21 heavy (non-hydrogen) atoms. The fourth-order valence-corrected chi connectivity index (χ4v) is 2.48. The van der Waals surface area contributed by atoms with Gasteiger partial charge in [0.2, 0.25) is 5.65 Å². The Morgan fingerprint density at radius 3 is 2.81 bits per heavy atom. The summed E-state index contributed by atoms with van der Waals surface area (Å²) in [5.74, 6) is -0.330. The van der Waals surface area contributed by atoms with E-state index in [9.17, 15) is 9.18 Å².